The first-order valence-corrected chi connectivity index (χ1v) is 5.70. The van der Waals surface area contributed by atoms with E-state index >= 15 is 0 Å². The lowest BCUT2D eigenvalue weighted by Crippen LogP contribution is -2.20. The highest BCUT2D eigenvalue weighted by Gasteiger charge is 2.23. The highest BCUT2D eigenvalue weighted by Crippen LogP contribution is 2.24. The highest BCUT2D eigenvalue weighted by atomic mass is 16.7. The summed E-state index contributed by atoms with van der Waals surface area (Å²) in [5.41, 5.74) is 0. The van der Waals surface area contributed by atoms with E-state index in [1.165, 1.54) is 5.06 Å². The molecule has 0 aliphatic heterocycles. The molecule has 7 heteroatoms. The van der Waals surface area contributed by atoms with Gasteiger partial charge in [-0.15, -0.1) is 6.42 Å². The van der Waals surface area contributed by atoms with Crippen molar-refractivity contribution in [2.45, 2.75) is 18.9 Å². The maximum atomic E-state index is 5.19. The van der Waals surface area contributed by atoms with Gasteiger partial charge < -0.3 is 10.6 Å². The molecule has 0 saturated heterocycles. The summed E-state index contributed by atoms with van der Waals surface area (Å²) in [6.07, 6.45) is 7.49. The molecule has 0 unspecified atom stereocenters. The van der Waals surface area contributed by atoms with Crippen LogP contribution in [0.5, 0.6) is 0 Å². The van der Waals surface area contributed by atoms with Gasteiger partial charge in [0.2, 0.25) is 11.9 Å². The fraction of sp³-hybridized carbons (Fsp3) is 0.545. The number of hydrogen-bond donors (Lipinski definition) is 2. The third-order valence-corrected chi connectivity index (χ3v) is 2.44. The molecule has 0 radical (unpaired) electrons. The van der Waals surface area contributed by atoms with Crippen molar-refractivity contribution in [1.29, 1.82) is 0 Å². The van der Waals surface area contributed by atoms with Gasteiger partial charge in [0, 0.05) is 13.1 Å². The SMILES string of the molecule is C#CCNc1nc(NC2CC2)nc(N(C)OC)n1. The first-order chi connectivity index (χ1) is 8.72. The second-order valence-corrected chi connectivity index (χ2v) is 3.94. The van der Waals surface area contributed by atoms with Crippen LogP contribution in [0.25, 0.3) is 0 Å². The molecule has 0 spiro atoms. The Morgan fingerprint density at radius 1 is 1.39 bits per heavy atom. The zero-order valence-corrected chi connectivity index (χ0v) is 10.5. The van der Waals surface area contributed by atoms with Crippen LogP contribution in [0.15, 0.2) is 0 Å². The van der Waals surface area contributed by atoms with Gasteiger partial charge in [0.1, 0.15) is 0 Å². The molecule has 1 heterocycles. The number of nitrogens with zero attached hydrogens (tertiary/aromatic N) is 4. The van der Waals surface area contributed by atoms with Crippen LogP contribution in [0.1, 0.15) is 12.8 Å². The fourth-order valence-corrected chi connectivity index (χ4v) is 1.27. The van der Waals surface area contributed by atoms with E-state index in [0.717, 1.165) is 12.8 Å². The molecule has 2 N–H and O–H groups in total. The van der Waals surface area contributed by atoms with Crippen molar-refractivity contribution in [3.8, 4) is 12.3 Å². The van der Waals surface area contributed by atoms with Crippen LogP contribution < -0.4 is 15.7 Å². The van der Waals surface area contributed by atoms with Crippen LogP contribution in [-0.2, 0) is 4.84 Å². The molecule has 0 amide bonds. The van der Waals surface area contributed by atoms with Crippen molar-refractivity contribution >= 4 is 17.8 Å². The van der Waals surface area contributed by atoms with Crippen LogP contribution in [0.3, 0.4) is 0 Å². The number of hydrogen-bond acceptors (Lipinski definition) is 7. The van der Waals surface area contributed by atoms with Crippen LogP contribution in [0.2, 0.25) is 0 Å². The smallest absolute Gasteiger partial charge is 0.256 e. The number of nitrogens with one attached hydrogen (secondary N) is 2. The average Bonchev–Trinajstić information content (AvgIpc) is 3.19. The van der Waals surface area contributed by atoms with Gasteiger partial charge in [-0.05, 0) is 12.8 Å². The highest BCUT2D eigenvalue weighted by molar-refractivity contribution is 5.43. The van der Waals surface area contributed by atoms with Gasteiger partial charge in [0.05, 0.1) is 13.7 Å². The lowest BCUT2D eigenvalue weighted by atomic mass is 10.6. The maximum absolute atomic E-state index is 5.19. The molecule has 1 saturated carbocycles. The predicted octanol–water partition coefficient (Wildman–Crippen LogP) is 0.489. The second kappa shape index (κ2) is 5.51. The normalized spacial score (nSPS) is 13.8. The summed E-state index contributed by atoms with van der Waals surface area (Å²) in [5.74, 6) is 3.87. The van der Waals surface area contributed by atoms with Crippen LogP contribution in [0, 0.1) is 12.3 Å². The summed E-state index contributed by atoms with van der Waals surface area (Å²) in [4.78, 5) is 17.8. The maximum Gasteiger partial charge on any atom is 0.256 e. The van der Waals surface area contributed by atoms with Gasteiger partial charge in [-0.25, -0.2) is 5.06 Å². The molecule has 1 fully saturated rings. The van der Waals surface area contributed by atoms with Crippen molar-refractivity contribution in [1.82, 2.24) is 15.0 Å². The van der Waals surface area contributed by atoms with E-state index in [9.17, 15) is 0 Å². The average molecular weight is 248 g/mol. The molecule has 0 bridgehead atoms. The predicted molar refractivity (Wildman–Crippen MR) is 69.2 cm³/mol. The van der Waals surface area contributed by atoms with Gasteiger partial charge >= 0.3 is 0 Å². The molecular weight excluding hydrogens is 232 g/mol. The Bertz CT molecular complexity index is 453. The molecule has 7 nitrogen and oxygen atoms in total. The summed E-state index contributed by atoms with van der Waals surface area (Å²) in [5, 5.41) is 7.60. The largest absolute Gasteiger partial charge is 0.351 e. The van der Waals surface area contributed by atoms with Crippen molar-refractivity contribution in [2.75, 3.05) is 36.4 Å². The molecule has 1 aromatic heterocycles. The molecular formula is C11H16N6O. The van der Waals surface area contributed by atoms with Crippen LogP contribution in [0.4, 0.5) is 17.8 Å². The molecule has 1 aliphatic carbocycles. The molecule has 96 valence electrons. The Morgan fingerprint density at radius 3 is 2.72 bits per heavy atom. The van der Waals surface area contributed by atoms with Crippen LogP contribution >= 0.6 is 0 Å². The van der Waals surface area contributed by atoms with Crippen molar-refractivity contribution in [3.63, 3.8) is 0 Å². The third-order valence-electron chi connectivity index (χ3n) is 2.44. The minimum absolute atomic E-state index is 0.364. The Balaban J connectivity index is 2.19. The molecule has 1 aromatic rings. The minimum atomic E-state index is 0.364. The van der Waals surface area contributed by atoms with E-state index in [4.69, 9.17) is 11.3 Å². The Labute approximate surface area is 106 Å². The zero-order chi connectivity index (χ0) is 13.0. The van der Waals surface area contributed by atoms with Gasteiger partial charge in [-0.1, -0.05) is 5.92 Å². The summed E-state index contributed by atoms with van der Waals surface area (Å²) >= 11 is 0. The van der Waals surface area contributed by atoms with E-state index in [1.54, 1.807) is 14.2 Å². The second-order valence-electron chi connectivity index (χ2n) is 3.94. The summed E-state index contributed by atoms with van der Waals surface area (Å²) in [7, 11) is 3.27. The quantitative estimate of drug-likeness (QED) is 0.560. The molecule has 1 aliphatic rings. The van der Waals surface area contributed by atoms with Gasteiger partial charge in [-0.3, -0.25) is 4.84 Å². The Kier molecular flexibility index (Phi) is 3.79. The van der Waals surface area contributed by atoms with E-state index in [-0.39, 0.29) is 0 Å². The van der Waals surface area contributed by atoms with E-state index in [1.807, 2.05) is 0 Å². The first-order valence-electron chi connectivity index (χ1n) is 5.70. The number of anilines is 3. The Hall–Kier alpha value is -2.07. The van der Waals surface area contributed by atoms with Crippen molar-refractivity contribution in [3.05, 3.63) is 0 Å². The van der Waals surface area contributed by atoms with Gasteiger partial charge in [0.25, 0.3) is 5.95 Å². The van der Waals surface area contributed by atoms with E-state index < -0.39 is 0 Å². The summed E-state index contributed by atoms with van der Waals surface area (Å²) < 4.78 is 0. The summed E-state index contributed by atoms with van der Waals surface area (Å²) in [6, 6.07) is 0.466. The number of hydroxylamine groups is 1. The minimum Gasteiger partial charge on any atom is -0.351 e. The van der Waals surface area contributed by atoms with Gasteiger partial charge in [0.15, 0.2) is 0 Å². The van der Waals surface area contributed by atoms with E-state index in [0.29, 0.717) is 30.4 Å². The number of terminal acetylenes is 1. The third kappa shape index (κ3) is 3.21. The van der Waals surface area contributed by atoms with E-state index in [2.05, 4.69) is 31.5 Å². The van der Waals surface area contributed by atoms with Crippen molar-refractivity contribution < 1.29 is 4.84 Å². The number of aromatic nitrogens is 3. The van der Waals surface area contributed by atoms with Crippen LogP contribution in [-0.4, -0.2) is 41.7 Å². The van der Waals surface area contributed by atoms with Gasteiger partial charge in [-0.2, -0.15) is 15.0 Å². The topological polar surface area (TPSA) is 75.2 Å². The zero-order valence-electron chi connectivity index (χ0n) is 10.5. The Morgan fingerprint density at radius 2 is 2.11 bits per heavy atom. The standard InChI is InChI=1S/C11H16N6O/c1-4-7-12-9-14-10(13-8-5-6-8)16-11(15-9)17(2)18-3/h1,8H,5-7H2,2-3H3,(H2,12,13,14,15,16). The first kappa shape index (κ1) is 12.4. The molecule has 0 aromatic carbocycles. The number of rotatable bonds is 6. The molecule has 18 heavy (non-hydrogen) atoms. The lowest BCUT2D eigenvalue weighted by Gasteiger charge is -2.15. The molecule has 0 atom stereocenters. The lowest BCUT2D eigenvalue weighted by molar-refractivity contribution is 0.180. The van der Waals surface area contributed by atoms with Crippen molar-refractivity contribution in [2.24, 2.45) is 0 Å². The monoisotopic (exact) mass is 248 g/mol. The summed E-state index contributed by atoms with van der Waals surface area (Å²) in [6.45, 7) is 0.364. The molecule has 2 rings (SSSR count). The fourth-order valence-electron chi connectivity index (χ4n) is 1.27.